The van der Waals surface area contributed by atoms with Crippen LogP contribution in [0.15, 0.2) is 34.9 Å². The Labute approximate surface area is 169 Å². The predicted octanol–water partition coefficient (Wildman–Crippen LogP) is 2.27. The molecule has 4 rings (SSSR count). The average Bonchev–Trinajstić information content (AvgIpc) is 3.23. The SMILES string of the molecule is Cc1ccc(-c2cc(C(=O)NCCN3CCCS3(=O)=O)c3c(C)noc3n2)cc1. The Kier molecular flexibility index (Phi) is 5.10. The molecule has 1 aliphatic rings. The number of pyridine rings is 1. The third kappa shape index (κ3) is 3.88. The lowest BCUT2D eigenvalue weighted by Crippen LogP contribution is -2.36. The largest absolute Gasteiger partial charge is 0.351 e. The number of carbonyl (C=O) groups is 1. The summed E-state index contributed by atoms with van der Waals surface area (Å²) in [6.45, 7) is 4.74. The maximum absolute atomic E-state index is 12.9. The van der Waals surface area contributed by atoms with E-state index in [1.165, 1.54) is 4.31 Å². The number of benzene rings is 1. The van der Waals surface area contributed by atoms with Crippen molar-refractivity contribution in [2.24, 2.45) is 0 Å². The summed E-state index contributed by atoms with van der Waals surface area (Å²) >= 11 is 0. The van der Waals surface area contributed by atoms with Crippen molar-refractivity contribution in [3.8, 4) is 11.3 Å². The quantitative estimate of drug-likeness (QED) is 0.687. The molecule has 3 heterocycles. The Bertz CT molecular complexity index is 1170. The third-order valence-electron chi connectivity index (χ3n) is 5.06. The van der Waals surface area contributed by atoms with E-state index in [0.717, 1.165) is 11.1 Å². The first-order valence-electron chi connectivity index (χ1n) is 9.45. The fourth-order valence-electron chi connectivity index (χ4n) is 3.48. The number of aromatic nitrogens is 2. The second-order valence-electron chi connectivity index (χ2n) is 7.19. The van der Waals surface area contributed by atoms with Gasteiger partial charge in [-0.15, -0.1) is 0 Å². The maximum Gasteiger partial charge on any atom is 0.259 e. The van der Waals surface area contributed by atoms with Gasteiger partial charge in [0.25, 0.3) is 11.6 Å². The highest BCUT2D eigenvalue weighted by atomic mass is 32.2. The third-order valence-corrected chi connectivity index (χ3v) is 7.02. The minimum atomic E-state index is -3.18. The molecule has 8 nitrogen and oxygen atoms in total. The molecule has 0 unspecified atom stereocenters. The summed E-state index contributed by atoms with van der Waals surface area (Å²) in [5.41, 5.74) is 3.89. The van der Waals surface area contributed by atoms with Crippen LogP contribution in [-0.4, -0.2) is 54.2 Å². The highest BCUT2D eigenvalue weighted by Crippen LogP contribution is 2.27. The molecule has 2 aromatic heterocycles. The fourth-order valence-corrected chi connectivity index (χ4v) is 5.01. The normalized spacial score (nSPS) is 16.3. The number of rotatable bonds is 5. The van der Waals surface area contributed by atoms with Gasteiger partial charge in [0, 0.05) is 25.2 Å². The van der Waals surface area contributed by atoms with Gasteiger partial charge in [-0.25, -0.2) is 17.7 Å². The summed E-state index contributed by atoms with van der Waals surface area (Å²) in [6.07, 6.45) is 0.626. The zero-order valence-corrected chi connectivity index (χ0v) is 17.1. The van der Waals surface area contributed by atoms with E-state index >= 15 is 0 Å². The predicted molar refractivity (Wildman–Crippen MR) is 109 cm³/mol. The molecule has 1 aliphatic heterocycles. The molecule has 0 spiro atoms. The van der Waals surface area contributed by atoms with E-state index in [1.807, 2.05) is 31.2 Å². The molecule has 29 heavy (non-hydrogen) atoms. The first kappa shape index (κ1) is 19.5. The molecule has 1 aromatic carbocycles. The number of amides is 1. The summed E-state index contributed by atoms with van der Waals surface area (Å²) in [5.74, 6) is -0.139. The van der Waals surface area contributed by atoms with Crippen LogP contribution >= 0.6 is 0 Å². The smallest absolute Gasteiger partial charge is 0.259 e. The zero-order valence-electron chi connectivity index (χ0n) is 16.3. The zero-order chi connectivity index (χ0) is 20.6. The number of carbonyl (C=O) groups excluding carboxylic acids is 1. The molecule has 0 radical (unpaired) electrons. The molecule has 0 bridgehead atoms. The molecule has 3 aromatic rings. The minimum absolute atomic E-state index is 0.172. The van der Waals surface area contributed by atoms with Gasteiger partial charge in [-0.05, 0) is 26.3 Å². The van der Waals surface area contributed by atoms with E-state index in [1.54, 1.807) is 13.0 Å². The van der Waals surface area contributed by atoms with Crippen LogP contribution in [0.25, 0.3) is 22.4 Å². The molecule has 9 heteroatoms. The monoisotopic (exact) mass is 414 g/mol. The van der Waals surface area contributed by atoms with E-state index in [4.69, 9.17) is 4.52 Å². The lowest BCUT2D eigenvalue weighted by atomic mass is 10.0. The molecular formula is C20H22N4O4S. The van der Waals surface area contributed by atoms with Crippen molar-refractivity contribution in [3.05, 3.63) is 47.2 Å². The van der Waals surface area contributed by atoms with Gasteiger partial charge in [-0.2, -0.15) is 0 Å². The van der Waals surface area contributed by atoms with Crippen LogP contribution in [-0.2, 0) is 10.0 Å². The van der Waals surface area contributed by atoms with Gasteiger partial charge in [0.1, 0.15) is 0 Å². The van der Waals surface area contributed by atoms with Crippen LogP contribution < -0.4 is 5.32 Å². The van der Waals surface area contributed by atoms with Gasteiger partial charge in [0.15, 0.2) is 0 Å². The first-order chi connectivity index (χ1) is 13.8. The molecule has 1 amide bonds. The van der Waals surface area contributed by atoms with Crippen molar-refractivity contribution < 1.29 is 17.7 Å². The second kappa shape index (κ2) is 7.57. The Morgan fingerprint density at radius 3 is 2.69 bits per heavy atom. The summed E-state index contributed by atoms with van der Waals surface area (Å²) < 4.78 is 30.5. The van der Waals surface area contributed by atoms with Gasteiger partial charge < -0.3 is 9.84 Å². The Morgan fingerprint density at radius 2 is 2.00 bits per heavy atom. The van der Waals surface area contributed by atoms with E-state index in [-0.39, 0.29) is 24.7 Å². The van der Waals surface area contributed by atoms with Crippen LogP contribution in [0.2, 0.25) is 0 Å². The van der Waals surface area contributed by atoms with E-state index in [2.05, 4.69) is 15.5 Å². The van der Waals surface area contributed by atoms with Gasteiger partial charge >= 0.3 is 0 Å². The number of hydrogen-bond acceptors (Lipinski definition) is 6. The molecular weight excluding hydrogens is 392 g/mol. The number of nitrogens with zero attached hydrogens (tertiary/aromatic N) is 3. The highest BCUT2D eigenvalue weighted by Gasteiger charge is 2.27. The Morgan fingerprint density at radius 1 is 1.24 bits per heavy atom. The lowest BCUT2D eigenvalue weighted by molar-refractivity contribution is 0.0953. The highest BCUT2D eigenvalue weighted by molar-refractivity contribution is 7.89. The van der Waals surface area contributed by atoms with E-state index < -0.39 is 10.0 Å². The molecule has 1 N–H and O–H groups in total. The van der Waals surface area contributed by atoms with E-state index in [9.17, 15) is 13.2 Å². The second-order valence-corrected chi connectivity index (χ2v) is 9.28. The van der Waals surface area contributed by atoms with Crippen LogP contribution in [0.1, 0.15) is 28.0 Å². The number of nitrogens with one attached hydrogen (secondary N) is 1. The first-order valence-corrected chi connectivity index (χ1v) is 11.1. The minimum Gasteiger partial charge on any atom is -0.351 e. The molecule has 1 fully saturated rings. The summed E-state index contributed by atoms with van der Waals surface area (Å²) in [5, 5.41) is 7.33. The van der Waals surface area contributed by atoms with E-state index in [0.29, 0.717) is 41.0 Å². The number of fused-ring (bicyclic) bond motifs is 1. The fraction of sp³-hybridized carbons (Fsp3) is 0.350. The van der Waals surface area contributed by atoms with Gasteiger partial charge in [-0.3, -0.25) is 4.79 Å². The molecule has 1 saturated heterocycles. The van der Waals surface area contributed by atoms with Crippen molar-refractivity contribution in [1.82, 2.24) is 19.8 Å². The van der Waals surface area contributed by atoms with Crippen LogP contribution in [0.4, 0.5) is 0 Å². The molecule has 0 aliphatic carbocycles. The summed E-state index contributed by atoms with van der Waals surface area (Å²) in [4.78, 5) is 17.4. The molecule has 152 valence electrons. The van der Waals surface area contributed by atoms with Crippen LogP contribution in [0.3, 0.4) is 0 Å². The topological polar surface area (TPSA) is 105 Å². The van der Waals surface area contributed by atoms with Crippen molar-refractivity contribution in [1.29, 1.82) is 0 Å². The average molecular weight is 414 g/mol. The lowest BCUT2D eigenvalue weighted by Gasteiger charge is -2.14. The maximum atomic E-state index is 12.9. The number of sulfonamides is 1. The Balaban J connectivity index is 1.60. The van der Waals surface area contributed by atoms with Crippen molar-refractivity contribution in [3.63, 3.8) is 0 Å². The van der Waals surface area contributed by atoms with Gasteiger partial charge in [-0.1, -0.05) is 35.0 Å². The number of aryl methyl sites for hydroxylation is 2. The van der Waals surface area contributed by atoms with Crippen LogP contribution in [0.5, 0.6) is 0 Å². The van der Waals surface area contributed by atoms with Gasteiger partial charge in [0.2, 0.25) is 10.0 Å². The molecule has 0 atom stereocenters. The van der Waals surface area contributed by atoms with Crippen molar-refractivity contribution in [2.45, 2.75) is 20.3 Å². The van der Waals surface area contributed by atoms with Crippen LogP contribution in [0, 0.1) is 13.8 Å². The van der Waals surface area contributed by atoms with Crippen molar-refractivity contribution >= 4 is 27.0 Å². The standard InChI is InChI=1S/C20H22N4O4S/c1-13-4-6-15(7-5-13)17-12-16(18-14(2)23-28-20(18)22-17)19(25)21-8-10-24-9-3-11-29(24,26)27/h4-7,12H,3,8-11H2,1-2H3,(H,21,25). The Hall–Kier alpha value is -2.78. The number of hydrogen-bond donors (Lipinski definition) is 1. The van der Waals surface area contributed by atoms with Crippen molar-refractivity contribution in [2.75, 3.05) is 25.4 Å². The summed E-state index contributed by atoms with van der Waals surface area (Å²) in [7, 11) is -3.18. The molecule has 0 saturated carbocycles. The summed E-state index contributed by atoms with van der Waals surface area (Å²) in [6, 6.07) is 9.55. The van der Waals surface area contributed by atoms with Gasteiger partial charge in [0.05, 0.1) is 28.1 Å².